The van der Waals surface area contributed by atoms with Gasteiger partial charge >= 0.3 is 7.12 Å². The van der Waals surface area contributed by atoms with Gasteiger partial charge in [0.2, 0.25) is 11.8 Å². The molecule has 2 aromatic rings. The second kappa shape index (κ2) is 11.5. The maximum Gasteiger partial charge on any atom is 0.481 e. The monoisotopic (exact) mass is 570 g/mol. The van der Waals surface area contributed by atoms with Gasteiger partial charge in [0.25, 0.3) is 0 Å². The normalized spacial score (nSPS) is 30.5. The largest absolute Gasteiger partial charge is 0.481 e. The van der Waals surface area contributed by atoms with Crippen molar-refractivity contribution in [3.63, 3.8) is 0 Å². The average molecular weight is 571 g/mol. The number of aryl methyl sites for hydroxylation is 1. The molecule has 42 heavy (non-hydrogen) atoms. The number of carbonyl (C=O) groups is 2. The number of hydrogen-bond acceptors (Lipinski definition) is 4. The lowest BCUT2D eigenvalue weighted by Gasteiger charge is -2.64. The van der Waals surface area contributed by atoms with Crippen LogP contribution in [0.4, 0.5) is 0 Å². The molecule has 0 aromatic heterocycles. The standard InChI is InChI=1S/C35H47BN2O4/c1-22(2)18-31(36-41-30-21-25-20-29(34(25,3)4)35(30,5)42-36)38-33(40)28(19-23-12-7-6-8-13-23)37-32(39)27-17-11-15-24-14-9-10-16-26(24)27/h6-10,12-14,16,22,25,27-31H,11,15,17-21H2,1-5H3,(H,37,39)(H,38,40)/t25-,27-,28-,29-,30?,31-,35-/m0/s1. The van der Waals surface area contributed by atoms with E-state index in [9.17, 15) is 9.59 Å². The lowest BCUT2D eigenvalue weighted by molar-refractivity contribution is -0.199. The topological polar surface area (TPSA) is 76.7 Å². The summed E-state index contributed by atoms with van der Waals surface area (Å²) in [5.74, 6) is 0.655. The third-order valence-electron chi connectivity index (χ3n) is 11.0. The van der Waals surface area contributed by atoms with E-state index in [4.69, 9.17) is 9.31 Å². The van der Waals surface area contributed by atoms with Crippen molar-refractivity contribution in [1.82, 2.24) is 10.6 Å². The molecule has 4 aliphatic carbocycles. The molecule has 0 spiro atoms. The highest BCUT2D eigenvalue weighted by Crippen LogP contribution is 2.65. The Morgan fingerprint density at radius 2 is 1.74 bits per heavy atom. The molecule has 5 aliphatic rings. The van der Waals surface area contributed by atoms with E-state index >= 15 is 0 Å². The second-order valence-electron chi connectivity index (χ2n) is 14.5. The number of amides is 2. The molecule has 1 saturated heterocycles. The predicted octanol–water partition coefficient (Wildman–Crippen LogP) is 5.63. The van der Waals surface area contributed by atoms with E-state index in [2.05, 4.69) is 57.4 Å². The van der Waals surface area contributed by atoms with Crippen molar-refractivity contribution in [2.24, 2.45) is 23.2 Å². The fourth-order valence-corrected chi connectivity index (χ4v) is 8.46. The SMILES string of the molecule is CC(C)C[C@H](NC(=O)[C@H](Cc1ccccc1)NC(=O)[C@H]1CCCc2ccccc21)B1OC2C[C@@H]3C[C@@H](C3(C)C)[C@]2(C)O1. The Hall–Kier alpha value is -2.64. The first-order valence-corrected chi connectivity index (χ1v) is 16.1. The van der Waals surface area contributed by atoms with Crippen molar-refractivity contribution in [2.75, 3.05) is 0 Å². The first kappa shape index (κ1) is 29.4. The number of carbonyl (C=O) groups excluding carboxylic acids is 2. The van der Waals surface area contributed by atoms with E-state index in [0.717, 1.165) is 43.2 Å². The molecule has 2 bridgehead atoms. The Morgan fingerprint density at radius 1 is 1.00 bits per heavy atom. The van der Waals surface area contributed by atoms with E-state index in [1.807, 2.05) is 42.5 Å². The van der Waals surface area contributed by atoms with Gasteiger partial charge in [-0.1, -0.05) is 82.3 Å². The fraction of sp³-hybridized carbons (Fsp3) is 0.600. The van der Waals surface area contributed by atoms with Crippen LogP contribution in [0.1, 0.15) is 89.3 Å². The van der Waals surface area contributed by atoms with Crippen molar-refractivity contribution in [3.05, 3.63) is 71.3 Å². The first-order valence-electron chi connectivity index (χ1n) is 16.1. The summed E-state index contributed by atoms with van der Waals surface area (Å²) < 4.78 is 13.4. The van der Waals surface area contributed by atoms with Gasteiger partial charge in [-0.05, 0) is 85.3 Å². The molecular formula is C35H47BN2O4. The van der Waals surface area contributed by atoms with Gasteiger partial charge in [-0.15, -0.1) is 0 Å². The van der Waals surface area contributed by atoms with Crippen molar-refractivity contribution in [3.8, 4) is 0 Å². The lowest BCUT2D eigenvalue weighted by atomic mass is 9.43. The molecule has 1 aliphatic heterocycles. The van der Waals surface area contributed by atoms with Crippen LogP contribution >= 0.6 is 0 Å². The molecule has 4 fully saturated rings. The van der Waals surface area contributed by atoms with Gasteiger partial charge in [-0.3, -0.25) is 9.59 Å². The van der Waals surface area contributed by atoms with Crippen LogP contribution in [0.2, 0.25) is 0 Å². The molecule has 224 valence electrons. The third kappa shape index (κ3) is 5.43. The maximum absolute atomic E-state index is 14.1. The Kier molecular flexibility index (Phi) is 8.03. The van der Waals surface area contributed by atoms with Crippen LogP contribution in [-0.4, -0.2) is 42.6 Å². The van der Waals surface area contributed by atoms with Crippen molar-refractivity contribution >= 4 is 18.9 Å². The molecular weight excluding hydrogens is 523 g/mol. The van der Waals surface area contributed by atoms with Crippen molar-refractivity contribution in [1.29, 1.82) is 0 Å². The van der Waals surface area contributed by atoms with Gasteiger partial charge < -0.3 is 19.9 Å². The molecule has 3 saturated carbocycles. The van der Waals surface area contributed by atoms with Crippen LogP contribution < -0.4 is 10.6 Å². The zero-order valence-electron chi connectivity index (χ0n) is 25.9. The second-order valence-corrected chi connectivity index (χ2v) is 14.5. The molecule has 2 N–H and O–H groups in total. The molecule has 1 unspecified atom stereocenters. The number of nitrogens with one attached hydrogen (secondary N) is 2. The maximum atomic E-state index is 14.1. The third-order valence-corrected chi connectivity index (χ3v) is 11.0. The lowest BCUT2D eigenvalue weighted by Crippen LogP contribution is -2.65. The highest BCUT2D eigenvalue weighted by Gasteiger charge is 2.68. The number of fused-ring (bicyclic) bond motifs is 1. The zero-order valence-corrected chi connectivity index (χ0v) is 25.9. The molecule has 6 nitrogen and oxygen atoms in total. The Balaban J connectivity index is 1.21. The minimum atomic E-state index is -0.699. The molecule has 2 amide bonds. The van der Waals surface area contributed by atoms with Crippen LogP contribution in [0.15, 0.2) is 54.6 Å². The number of hydrogen-bond donors (Lipinski definition) is 2. The van der Waals surface area contributed by atoms with Gasteiger partial charge in [-0.25, -0.2) is 0 Å². The van der Waals surface area contributed by atoms with Gasteiger partial charge in [0.1, 0.15) is 6.04 Å². The number of benzene rings is 2. The summed E-state index contributed by atoms with van der Waals surface area (Å²) in [6, 6.07) is 17.4. The quantitative estimate of drug-likeness (QED) is 0.383. The summed E-state index contributed by atoms with van der Waals surface area (Å²) in [5, 5.41) is 6.48. The zero-order chi connectivity index (χ0) is 29.6. The summed E-state index contributed by atoms with van der Waals surface area (Å²) in [5.41, 5.74) is 3.24. The molecule has 1 heterocycles. The van der Waals surface area contributed by atoms with Crippen LogP contribution in [0.5, 0.6) is 0 Å². The van der Waals surface area contributed by atoms with E-state index in [1.165, 1.54) is 12.0 Å². The molecule has 7 heteroatoms. The summed E-state index contributed by atoms with van der Waals surface area (Å²) in [7, 11) is -0.500. The molecule has 7 atom stereocenters. The molecule has 2 aromatic carbocycles. The minimum Gasteiger partial charge on any atom is -0.404 e. The van der Waals surface area contributed by atoms with Gasteiger partial charge in [0, 0.05) is 6.42 Å². The molecule has 7 rings (SSSR count). The van der Waals surface area contributed by atoms with Gasteiger partial charge in [0.15, 0.2) is 0 Å². The summed E-state index contributed by atoms with van der Waals surface area (Å²) in [6.07, 6.45) is 6.16. The average Bonchev–Trinajstić information content (AvgIpc) is 3.33. The highest BCUT2D eigenvalue weighted by atomic mass is 16.7. The van der Waals surface area contributed by atoms with E-state index in [0.29, 0.717) is 24.2 Å². The van der Waals surface area contributed by atoms with Crippen LogP contribution in [-0.2, 0) is 31.7 Å². The van der Waals surface area contributed by atoms with E-state index in [-0.39, 0.29) is 40.8 Å². The number of rotatable bonds is 9. The molecule has 0 radical (unpaired) electrons. The van der Waals surface area contributed by atoms with Crippen LogP contribution in [0.25, 0.3) is 0 Å². The van der Waals surface area contributed by atoms with Gasteiger partial charge in [0.05, 0.1) is 23.6 Å². The van der Waals surface area contributed by atoms with Crippen molar-refractivity contribution in [2.45, 2.75) is 109 Å². The predicted molar refractivity (Wildman–Crippen MR) is 166 cm³/mol. The summed E-state index contributed by atoms with van der Waals surface area (Å²) >= 11 is 0. The Labute approximate surface area is 251 Å². The van der Waals surface area contributed by atoms with Gasteiger partial charge in [-0.2, -0.15) is 0 Å². The van der Waals surface area contributed by atoms with Crippen LogP contribution in [0.3, 0.4) is 0 Å². The summed E-state index contributed by atoms with van der Waals surface area (Å²) in [6.45, 7) is 11.3. The summed E-state index contributed by atoms with van der Waals surface area (Å²) in [4.78, 5) is 27.9. The Bertz CT molecular complexity index is 1300. The van der Waals surface area contributed by atoms with Crippen molar-refractivity contribution < 1.29 is 18.9 Å². The fourth-order valence-electron chi connectivity index (χ4n) is 8.46. The Morgan fingerprint density at radius 3 is 2.48 bits per heavy atom. The van der Waals surface area contributed by atoms with E-state index < -0.39 is 13.2 Å². The first-order chi connectivity index (χ1) is 20.1. The highest BCUT2D eigenvalue weighted by molar-refractivity contribution is 6.48. The smallest absolute Gasteiger partial charge is 0.404 e. The van der Waals surface area contributed by atoms with E-state index in [1.54, 1.807) is 0 Å². The van der Waals surface area contributed by atoms with Crippen LogP contribution in [0, 0.1) is 23.2 Å². The minimum absolute atomic E-state index is 0.0528.